The third-order valence-electron chi connectivity index (χ3n) is 2.00. The first kappa shape index (κ1) is 10.2. The van der Waals surface area contributed by atoms with Crippen LogP contribution >= 0.6 is 0 Å². The largest absolute Gasteiger partial charge is 0.382 e. The lowest BCUT2D eigenvalue weighted by molar-refractivity contribution is 0.302. The fourth-order valence-electron chi connectivity index (χ4n) is 1.27. The van der Waals surface area contributed by atoms with Gasteiger partial charge in [0.15, 0.2) is 5.69 Å². The van der Waals surface area contributed by atoms with Crippen LogP contribution in [0.2, 0.25) is 0 Å². The number of rotatable bonds is 5. The van der Waals surface area contributed by atoms with Crippen LogP contribution in [0.25, 0.3) is 0 Å². The second kappa shape index (κ2) is 4.47. The normalized spacial score (nSPS) is 10.5. The van der Waals surface area contributed by atoms with Crippen LogP contribution in [0.3, 0.4) is 0 Å². The third-order valence-corrected chi connectivity index (χ3v) is 2.00. The first-order valence-corrected chi connectivity index (χ1v) is 4.64. The van der Waals surface area contributed by atoms with Crippen LogP contribution in [0.15, 0.2) is 11.0 Å². The van der Waals surface area contributed by atoms with Crippen molar-refractivity contribution < 1.29 is 4.63 Å². The van der Waals surface area contributed by atoms with Gasteiger partial charge in [-0.3, -0.25) is 5.41 Å². The molecular formula is C7H10N8O. The van der Waals surface area contributed by atoms with Crippen molar-refractivity contribution in [1.29, 1.82) is 5.41 Å². The number of aromatic nitrogens is 6. The molecular weight excluding hydrogens is 212 g/mol. The SMILES string of the molecule is N=C(N)c1nonc1CCCn1cnnn1. The minimum atomic E-state index is -0.140. The number of nitrogen functional groups attached to an aromatic ring is 1. The molecule has 0 saturated carbocycles. The average molecular weight is 222 g/mol. The number of hydrogen-bond donors (Lipinski definition) is 2. The van der Waals surface area contributed by atoms with E-state index >= 15 is 0 Å². The first-order chi connectivity index (χ1) is 7.77. The quantitative estimate of drug-likeness (QED) is 0.488. The highest BCUT2D eigenvalue weighted by Crippen LogP contribution is 2.05. The van der Waals surface area contributed by atoms with Crippen LogP contribution in [0.5, 0.6) is 0 Å². The van der Waals surface area contributed by atoms with E-state index in [-0.39, 0.29) is 5.84 Å². The van der Waals surface area contributed by atoms with Gasteiger partial charge in [0.1, 0.15) is 17.9 Å². The molecule has 2 heterocycles. The van der Waals surface area contributed by atoms with Gasteiger partial charge in [-0.05, 0) is 28.4 Å². The van der Waals surface area contributed by atoms with Crippen molar-refractivity contribution in [2.45, 2.75) is 19.4 Å². The van der Waals surface area contributed by atoms with Crippen molar-refractivity contribution >= 4 is 5.84 Å². The summed E-state index contributed by atoms with van der Waals surface area (Å²) in [5.41, 5.74) is 6.19. The van der Waals surface area contributed by atoms with Gasteiger partial charge >= 0.3 is 0 Å². The van der Waals surface area contributed by atoms with E-state index < -0.39 is 0 Å². The van der Waals surface area contributed by atoms with Gasteiger partial charge in [-0.1, -0.05) is 5.16 Å². The van der Waals surface area contributed by atoms with Crippen molar-refractivity contribution in [3.05, 3.63) is 17.7 Å². The van der Waals surface area contributed by atoms with E-state index in [2.05, 4.69) is 30.5 Å². The van der Waals surface area contributed by atoms with E-state index in [9.17, 15) is 0 Å². The van der Waals surface area contributed by atoms with E-state index in [0.717, 1.165) is 6.42 Å². The lowest BCUT2D eigenvalue weighted by Crippen LogP contribution is -2.14. The summed E-state index contributed by atoms with van der Waals surface area (Å²) < 4.78 is 6.14. The smallest absolute Gasteiger partial charge is 0.172 e. The maximum absolute atomic E-state index is 7.25. The van der Waals surface area contributed by atoms with Gasteiger partial charge in [0.05, 0.1) is 0 Å². The molecule has 0 spiro atoms. The Labute approximate surface area is 90.1 Å². The van der Waals surface area contributed by atoms with Crippen LogP contribution in [0.1, 0.15) is 17.8 Å². The maximum Gasteiger partial charge on any atom is 0.172 e. The Hall–Kier alpha value is -2.32. The summed E-state index contributed by atoms with van der Waals surface area (Å²) in [5.74, 6) is -0.140. The van der Waals surface area contributed by atoms with Gasteiger partial charge in [-0.15, -0.1) is 5.10 Å². The van der Waals surface area contributed by atoms with Crippen LogP contribution in [-0.2, 0) is 13.0 Å². The number of nitrogens with zero attached hydrogens (tertiary/aromatic N) is 6. The van der Waals surface area contributed by atoms with E-state index in [1.807, 2.05) is 0 Å². The molecule has 0 aromatic carbocycles. The monoisotopic (exact) mass is 222 g/mol. The van der Waals surface area contributed by atoms with E-state index in [4.69, 9.17) is 11.1 Å². The lowest BCUT2D eigenvalue weighted by Gasteiger charge is -1.98. The summed E-state index contributed by atoms with van der Waals surface area (Å²) >= 11 is 0. The van der Waals surface area contributed by atoms with Crippen molar-refractivity contribution in [3.63, 3.8) is 0 Å². The molecule has 0 aliphatic rings. The molecule has 2 rings (SSSR count). The number of nitrogens with two attached hydrogens (primary N) is 1. The van der Waals surface area contributed by atoms with Gasteiger partial charge in [0.25, 0.3) is 0 Å². The highest BCUT2D eigenvalue weighted by molar-refractivity contribution is 5.93. The van der Waals surface area contributed by atoms with Crippen LogP contribution in [-0.4, -0.2) is 36.4 Å². The summed E-state index contributed by atoms with van der Waals surface area (Å²) in [5, 5.41) is 25.2. The predicted octanol–water partition coefficient (Wildman–Crippen LogP) is -1.03. The van der Waals surface area contributed by atoms with Crippen molar-refractivity contribution in [1.82, 2.24) is 30.5 Å². The fraction of sp³-hybridized carbons (Fsp3) is 0.429. The lowest BCUT2D eigenvalue weighted by atomic mass is 10.2. The van der Waals surface area contributed by atoms with Crippen molar-refractivity contribution in [3.8, 4) is 0 Å². The number of nitrogens with one attached hydrogen (secondary N) is 1. The van der Waals surface area contributed by atoms with E-state index in [1.54, 1.807) is 4.68 Å². The molecule has 2 aromatic rings. The zero-order chi connectivity index (χ0) is 11.4. The molecule has 0 bridgehead atoms. The molecule has 84 valence electrons. The molecule has 0 aliphatic carbocycles. The zero-order valence-electron chi connectivity index (χ0n) is 8.37. The van der Waals surface area contributed by atoms with Crippen LogP contribution in [0.4, 0.5) is 0 Å². The molecule has 0 saturated heterocycles. The first-order valence-electron chi connectivity index (χ1n) is 4.64. The summed E-state index contributed by atoms with van der Waals surface area (Å²) in [6, 6.07) is 0. The van der Waals surface area contributed by atoms with Gasteiger partial charge in [-0.25, -0.2) is 9.31 Å². The average Bonchev–Trinajstić information content (AvgIpc) is 2.87. The van der Waals surface area contributed by atoms with Crippen LogP contribution in [0, 0.1) is 5.41 Å². The summed E-state index contributed by atoms with van der Waals surface area (Å²) in [6.45, 7) is 0.664. The zero-order valence-corrected chi connectivity index (χ0v) is 8.37. The molecule has 9 heteroatoms. The van der Waals surface area contributed by atoms with E-state index in [0.29, 0.717) is 24.4 Å². The Morgan fingerprint density at radius 1 is 1.50 bits per heavy atom. The Balaban J connectivity index is 1.90. The molecule has 16 heavy (non-hydrogen) atoms. The molecule has 0 atom stereocenters. The Morgan fingerprint density at radius 3 is 3.06 bits per heavy atom. The topological polar surface area (TPSA) is 132 Å². The van der Waals surface area contributed by atoms with Gasteiger partial charge in [0, 0.05) is 6.54 Å². The molecule has 0 fully saturated rings. The highest BCUT2D eigenvalue weighted by atomic mass is 16.6. The van der Waals surface area contributed by atoms with Gasteiger partial charge < -0.3 is 5.73 Å². The third kappa shape index (κ3) is 2.19. The molecule has 0 unspecified atom stereocenters. The minimum Gasteiger partial charge on any atom is -0.382 e. The number of tetrazole rings is 1. The number of hydrogen-bond acceptors (Lipinski definition) is 7. The predicted molar refractivity (Wildman–Crippen MR) is 51.5 cm³/mol. The molecule has 3 N–H and O–H groups in total. The highest BCUT2D eigenvalue weighted by Gasteiger charge is 2.12. The summed E-state index contributed by atoms with van der Waals surface area (Å²) in [7, 11) is 0. The number of aryl methyl sites for hydroxylation is 2. The Kier molecular flexibility index (Phi) is 2.85. The second-order valence-corrected chi connectivity index (χ2v) is 3.15. The molecule has 9 nitrogen and oxygen atoms in total. The standard InChI is InChI=1S/C7H10N8O/c8-7(9)6-5(11-16-12-6)2-1-3-15-4-10-13-14-15/h4H,1-3H2,(H3,8,9). The Bertz CT molecular complexity index is 460. The molecule has 0 radical (unpaired) electrons. The molecule has 2 aromatic heterocycles. The van der Waals surface area contributed by atoms with Gasteiger partial charge in [-0.2, -0.15) is 0 Å². The van der Waals surface area contributed by atoms with E-state index in [1.165, 1.54) is 6.33 Å². The van der Waals surface area contributed by atoms with Crippen molar-refractivity contribution in [2.75, 3.05) is 0 Å². The Morgan fingerprint density at radius 2 is 2.38 bits per heavy atom. The maximum atomic E-state index is 7.25. The number of amidine groups is 1. The minimum absolute atomic E-state index is 0.140. The van der Waals surface area contributed by atoms with Gasteiger partial charge in [0.2, 0.25) is 0 Å². The summed E-state index contributed by atoms with van der Waals surface area (Å²) in [4.78, 5) is 0. The fourth-order valence-corrected chi connectivity index (χ4v) is 1.27. The second-order valence-electron chi connectivity index (χ2n) is 3.15. The van der Waals surface area contributed by atoms with Crippen molar-refractivity contribution in [2.24, 2.45) is 5.73 Å². The molecule has 0 aliphatic heterocycles. The van der Waals surface area contributed by atoms with Crippen LogP contribution < -0.4 is 5.73 Å². The summed E-state index contributed by atoms with van der Waals surface area (Å²) in [6.07, 6.45) is 2.91. The molecule has 0 amide bonds.